The number of thiocarbonyl (C=S) groups is 1. The molecule has 0 saturated heterocycles. The first-order valence-corrected chi connectivity index (χ1v) is 4.97. The highest BCUT2D eigenvalue weighted by Gasteiger charge is 2.10. The van der Waals surface area contributed by atoms with Crippen molar-refractivity contribution in [1.29, 1.82) is 0 Å². The molecule has 0 aliphatic rings. The molecule has 13 heavy (non-hydrogen) atoms. The van der Waals surface area contributed by atoms with Gasteiger partial charge in [0.2, 0.25) is 0 Å². The minimum Gasteiger partial charge on any atom is -0.392 e. The fraction of sp³-hybridized carbons (Fsp3) is 0.889. The van der Waals surface area contributed by atoms with Crippen LogP contribution in [0.25, 0.3) is 0 Å². The van der Waals surface area contributed by atoms with Crippen LogP contribution in [0.15, 0.2) is 0 Å². The van der Waals surface area contributed by atoms with E-state index in [4.69, 9.17) is 22.7 Å². The first-order valence-electron chi connectivity index (χ1n) is 4.56. The van der Waals surface area contributed by atoms with Crippen LogP contribution < -0.4 is 5.73 Å². The summed E-state index contributed by atoms with van der Waals surface area (Å²) in [7, 11) is 1.99. The van der Waals surface area contributed by atoms with E-state index < -0.39 is 0 Å². The Hall–Kier alpha value is -0.190. The summed E-state index contributed by atoms with van der Waals surface area (Å²) < 4.78 is 5.42. The van der Waals surface area contributed by atoms with E-state index in [-0.39, 0.29) is 12.1 Å². The molecule has 0 rings (SSSR count). The molecular weight excluding hydrogens is 184 g/mol. The van der Waals surface area contributed by atoms with Crippen LogP contribution in [0.5, 0.6) is 0 Å². The number of rotatable bonds is 6. The number of likely N-dealkylation sites (N-methyl/N-ethyl adjacent to an activating group) is 1. The van der Waals surface area contributed by atoms with Crippen LogP contribution in [0.2, 0.25) is 0 Å². The maximum atomic E-state index is 5.52. The largest absolute Gasteiger partial charge is 0.392 e. The predicted octanol–water partition coefficient (Wildman–Crippen LogP) is 1.02. The smallest absolute Gasteiger partial charge is 0.0899 e. The van der Waals surface area contributed by atoms with Gasteiger partial charge in [-0.2, -0.15) is 0 Å². The van der Waals surface area contributed by atoms with E-state index in [1.165, 1.54) is 0 Å². The third-order valence-corrected chi connectivity index (χ3v) is 2.31. The van der Waals surface area contributed by atoms with Crippen molar-refractivity contribution in [1.82, 2.24) is 4.90 Å². The lowest BCUT2D eigenvalue weighted by Crippen LogP contribution is -2.40. The normalized spacial score (nSPS) is 13.7. The zero-order valence-electron chi connectivity index (χ0n) is 8.91. The predicted molar refractivity (Wildman–Crippen MR) is 60.0 cm³/mol. The average Bonchev–Trinajstić information content (AvgIpc) is 2.02. The Morgan fingerprint density at radius 3 is 2.38 bits per heavy atom. The van der Waals surface area contributed by atoms with Gasteiger partial charge in [-0.05, 0) is 27.8 Å². The fourth-order valence-electron chi connectivity index (χ4n) is 0.843. The molecule has 0 heterocycles. The second kappa shape index (κ2) is 6.29. The Kier molecular flexibility index (Phi) is 6.20. The van der Waals surface area contributed by atoms with Crippen molar-refractivity contribution in [2.45, 2.75) is 32.9 Å². The second-order valence-electron chi connectivity index (χ2n) is 3.48. The van der Waals surface area contributed by atoms with Crippen LogP contribution in [0, 0.1) is 0 Å². The van der Waals surface area contributed by atoms with Crippen molar-refractivity contribution in [2.24, 2.45) is 5.73 Å². The lowest BCUT2D eigenvalue weighted by Gasteiger charge is -2.23. The molecule has 1 unspecified atom stereocenters. The van der Waals surface area contributed by atoms with Gasteiger partial charge in [0.25, 0.3) is 0 Å². The summed E-state index contributed by atoms with van der Waals surface area (Å²) in [5.74, 6) is 0. The first kappa shape index (κ1) is 12.8. The first-order chi connectivity index (χ1) is 5.95. The van der Waals surface area contributed by atoms with E-state index in [2.05, 4.69) is 4.90 Å². The summed E-state index contributed by atoms with van der Waals surface area (Å²) in [6.07, 6.45) is 0.286. The molecule has 0 aromatic carbocycles. The van der Waals surface area contributed by atoms with E-state index >= 15 is 0 Å². The van der Waals surface area contributed by atoms with E-state index in [1.807, 2.05) is 27.8 Å². The molecule has 0 aromatic heterocycles. The van der Waals surface area contributed by atoms with E-state index in [1.54, 1.807) is 0 Å². The second-order valence-corrected chi connectivity index (χ2v) is 3.95. The summed E-state index contributed by atoms with van der Waals surface area (Å²) in [6, 6.07) is 0.144. The van der Waals surface area contributed by atoms with Gasteiger partial charge in [-0.3, -0.25) is 4.90 Å². The molecule has 0 bridgehead atoms. The summed E-state index contributed by atoms with van der Waals surface area (Å²) in [6.45, 7) is 7.63. The Balaban J connectivity index is 3.61. The summed E-state index contributed by atoms with van der Waals surface area (Å²) in [4.78, 5) is 2.62. The summed E-state index contributed by atoms with van der Waals surface area (Å²) >= 11 is 4.89. The standard InChI is InChI=1S/C9H20N2OS/c1-7(2)12-6-5-11(4)8(3)9(10)13/h7-8H,5-6H2,1-4H3,(H2,10,13). The van der Waals surface area contributed by atoms with Crippen molar-refractivity contribution in [3.05, 3.63) is 0 Å². The van der Waals surface area contributed by atoms with Gasteiger partial charge in [-0.15, -0.1) is 0 Å². The molecule has 0 amide bonds. The average molecular weight is 204 g/mol. The monoisotopic (exact) mass is 204 g/mol. The summed E-state index contributed by atoms with van der Waals surface area (Å²) in [5.41, 5.74) is 5.52. The number of nitrogens with two attached hydrogens (primary N) is 1. The van der Waals surface area contributed by atoms with Gasteiger partial charge in [0.15, 0.2) is 0 Å². The third-order valence-electron chi connectivity index (χ3n) is 1.97. The van der Waals surface area contributed by atoms with Crippen molar-refractivity contribution in [3.8, 4) is 0 Å². The van der Waals surface area contributed by atoms with Gasteiger partial charge in [0.1, 0.15) is 0 Å². The summed E-state index contributed by atoms with van der Waals surface area (Å²) in [5, 5.41) is 0. The third kappa shape index (κ3) is 5.96. The lowest BCUT2D eigenvalue weighted by molar-refractivity contribution is 0.0619. The minimum absolute atomic E-state index is 0.144. The molecule has 0 fully saturated rings. The molecule has 0 saturated carbocycles. The van der Waals surface area contributed by atoms with Crippen molar-refractivity contribution < 1.29 is 4.74 Å². The van der Waals surface area contributed by atoms with Crippen molar-refractivity contribution in [2.75, 3.05) is 20.2 Å². The molecule has 2 N–H and O–H groups in total. The van der Waals surface area contributed by atoms with E-state index in [0.29, 0.717) is 4.99 Å². The Bertz CT molecular complexity index is 162. The van der Waals surface area contributed by atoms with Crippen LogP contribution in [-0.4, -0.2) is 42.2 Å². The molecule has 0 aliphatic heterocycles. The molecule has 0 radical (unpaired) electrons. The zero-order valence-corrected chi connectivity index (χ0v) is 9.73. The molecule has 0 aliphatic carbocycles. The zero-order chi connectivity index (χ0) is 10.4. The highest BCUT2D eigenvalue weighted by atomic mass is 32.1. The minimum atomic E-state index is 0.144. The maximum absolute atomic E-state index is 5.52. The van der Waals surface area contributed by atoms with Gasteiger partial charge in [-0.25, -0.2) is 0 Å². The molecule has 3 nitrogen and oxygen atoms in total. The van der Waals surface area contributed by atoms with Crippen LogP contribution >= 0.6 is 12.2 Å². The van der Waals surface area contributed by atoms with E-state index in [9.17, 15) is 0 Å². The molecule has 78 valence electrons. The molecule has 0 spiro atoms. The Morgan fingerprint density at radius 2 is 2.00 bits per heavy atom. The molecular formula is C9H20N2OS. The van der Waals surface area contributed by atoms with Crippen molar-refractivity contribution in [3.63, 3.8) is 0 Å². The SMILES string of the molecule is CC(C)OCCN(C)C(C)C(N)=S. The number of hydrogen-bond donors (Lipinski definition) is 1. The van der Waals surface area contributed by atoms with Crippen LogP contribution in [0.4, 0.5) is 0 Å². The van der Waals surface area contributed by atoms with Gasteiger partial charge in [0.05, 0.1) is 23.7 Å². The van der Waals surface area contributed by atoms with Crippen LogP contribution in [0.1, 0.15) is 20.8 Å². The highest BCUT2D eigenvalue weighted by Crippen LogP contribution is 1.96. The number of nitrogens with zero attached hydrogens (tertiary/aromatic N) is 1. The van der Waals surface area contributed by atoms with Gasteiger partial charge in [0, 0.05) is 6.54 Å². The Morgan fingerprint density at radius 1 is 1.46 bits per heavy atom. The van der Waals surface area contributed by atoms with Gasteiger partial charge < -0.3 is 10.5 Å². The fourth-order valence-corrected chi connectivity index (χ4v) is 1.02. The van der Waals surface area contributed by atoms with Gasteiger partial charge >= 0.3 is 0 Å². The van der Waals surface area contributed by atoms with Crippen LogP contribution in [0.3, 0.4) is 0 Å². The lowest BCUT2D eigenvalue weighted by atomic mass is 10.3. The highest BCUT2D eigenvalue weighted by molar-refractivity contribution is 7.80. The molecule has 4 heteroatoms. The number of hydrogen-bond acceptors (Lipinski definition) is 3. The quantitative estimate of drug-likeness (QED) is 0.656. The van der Waals surface area contributed by atoms with Crippen LogP contribution in [-0.2, 0) is 4.74 Å². The van der Waals surface area contributed by atoms with Crippen molar-refractivity contribution >= 4 is 17.2 Å². The van der Waals surface area contributed by atoms with Gasteiger partial charge in [-0.1, -0.05) is 12.2 Å². The topological polar surface area (TPSA) is 38.5 Å². The Labute approximate surface area is 86.2 Å². The molecule has 1 atom stereocenters. The van der Waals surface area contributed by atoms with E-state index in [0.717, 1.165) is 13.2 Å². The molecule has 0 aromatic rings. The maximum Gasteiger partial charge on any atom is 0.0899 e. The number of ether oxygens (including phenoxy) is 1.